The fourth-order valence-corrected chi connectivity index (χ4v) is 6.46. The maximum Gasteiger partial charge on any atom is 0.338 e. The van der Waals surface area contributed by atoms with Crippen LogP contribution in [0.15, 0.2) is 117 Å². The second-order valence-electron chi connectivity index (χ2n) is 9.27. The minimum atomic E-state index is -0.684. The number of benzene rings is 4. The highest BCUT2D eigenvalue weighted by Crippen LogP contribution is 2.35. The SMILES string of the molecule is CCOC(=O)C1=C(c2ccccc2)N=c2s/c(=C\c3cccc4ccccc34)c(=O)n2[C@H]1c1ccc(SC)cc1. The molecule has 2 heterocycles. The number of hydrogen-bond donors (Lipinski definition) is 0. The molecule has 40 heavy (non-hydrogen) atoms. The Labute approximate surface area is 239 Å². The molecule has 0 fully saturated rings. The van der Waals surface area contributed by atoms with Gasteiger partial charge in [-0.3, -0.25) is 9.36 Å². The quantitative estimate of drug-likeness (QED) is 0.194. The molecule has 0 saturated heterocycles. The minimum absolute atomic E-state index is 0.190. The van der Waals surface area contributed by atoms with E-state index in [2.05, 4.69) is 18.2 Å². The Kier molecular flexibility index (Phi) is 7.24. The summed E-state index contributed by atoms with van der Waals surface area (Å²) in [5.74, 6) is -0.479. The van der Waals surface area contributed by atoms with Crippen molar-refractivity contribution in [3.8, 4) is 0 Å². The van der Waals surface area contributed by atoms with Crippen molar-refractivity contribution in [3.05, 3.63) is 139 Å². The van der Waals surface area contributed by atoms with Crippen molar-refractivity contribution >= 4 is 51.6 Å². The normalized spacial score (nSPS) is 15.2. The molecule has 5 nitrogen and oxygen atoms in total. The summed E-state index contributed by atoms with van der Waals surface area (Å²) in [7, 11) is 0. The number of hydrogen-bond acceptors (Lipinski definition) is 6. The van der Waals surface area contributed by atoms with E-state index in [-0.39, 0.29) is 12.2 Å². The van der Waals surface area contributed by atoms with Crippen LogP contribution >= 0.6 is 23.1 Å². The first-order valence-corrected chi connectivity index (χ1v) is 15.0. The molecule has 0 bridgehead atoms. The van der Waals surface area contributed by atoms with Gasteiger partial charge in [0.25, 0.3) is 5.56 Å². The zero-order valence-corrected chi connectivity index (χ0v) is 23.7. The van der Waals surface area contributed by atoms with Gasteiger partial charge in [-0.2, -0.15) is 0 Å². The van der Waals surface area contributed by atoms with Crippen LogP contribution in [0.2, 0.25) is 0 Å². The maximum absolute atomic E-state index is 14.1. The molecule has 4 aromatic carbocycles. The van der Waals surface area contributed by atoms with Gasteiger partial charge in [-0.1, -0.05) is 96.3 Å². The topological polar surface area (TPSA) is 60.7 Å². The van der Waals surface area contributed by atoms with Gasteiger partial charge in [-0.25, -0.2) is 9.79 Å². The monoisotopic (exact) mass is 562 g/mol. The minimum Gasteiger partial charge on any atom is -0.463 e. The van der Waals surface area contributed by atoms with Gasteiger partial charge < -0.3 is 4.74 Å². The molecular weight excluding hydrogens is 537 g/mol. The Morgan fingerprint density at radius 3 is 2.45 bits per heavy atom. The molecule has 0 saturated carbocycles. The van der Waals surface area contributed by atoms with Crippen molar-refractivity contribution in [1.29, 1.82) is 0 Å². The highest BCUT2D eigenvalue weighted by molar-refractivity contribution is 7.98. The first-order valence-electron chi connectivity index (χ1n) is 13.0. The van der Waals surface area contributed by atoms with E-state index in [0.717, 1.165) is 32.4 Å². The van der Waals surface area contributed by atoms with E-state index < -0.39 is 12.0 Å². The third-order valence-electron chi connectivity index (χ3n) is 6.92. The Morgan fingerprint density at radius 1 is 0.975 bits per heavy atom. The number of fused-ring (bicyclic) bond motifs is 2. The first kappa shape index (κ1) is 26.0. The van der Waals surface area contributed by atoms with Crippen molar-refractivity contribution in [2.24, 2.45) is 4.99 Å². The summed E-state index contributed by atoms with van der Waals surface area (Å²) in [5.41, 5.74) is 3.26. The van der Waals surface area contributed by atoms with E-state index in [1.165, 1.54) is 11.3 Å². The highest BCUT2D eigenvalue weighted by atomic mass is 32.2. The highest BCUT2D eigenvalue weighted by Gasteiger charge is 2.35. The molecule has 0 spiro atoms. The number of esters is 1. The van der Waals surface area contributed by atoms with Gasteiger partial charge in [0.1, 0.15) is 0 Å². The van der Waals surface area contributed by atoms with E-state index >= 15 is 0 Å². The average molecular weight is 563 g/mol. The molecule has 1 aromatic heterocycles. The lowest BCUT2D eigenvalue weighted by atomic mass is 9.93. The fourth-order valence-electron chi connectivity index (χ4n) is 5.06. The van der Waals surface area contributed by atoms with Gasteiger partial charge in [-0.15, -0.1) is 11.8 Å². The van der Waals surface area contributed by atoms with E-state index in [1.54, 1.807) is 23.3 Å². The Balaban J connectivity index is 1.65. The van der Waals surface area contributed by atoms with Gasteiger partial charge in [-0.05, 0) is 53.3 Å². The zero-order chi connectivity index (χ0) is 27.6. The van der Waals surface area contributed by atoms with E-state index in [1.807, 2.05) is 91.2 Å². The summed E-state index contributed by atoms with van der Waals surface area (Å²) < 4.78 is 7.76. The number of thiazole rings is 1. The number of rotatable bonds is 6. The predicted molar refractivity (Wildman–Crippen MR) is 163 cm³/mol. The molecule has 0 unspecified atom stereocenters. The predicted octanol–water partition coefficient (Wildman–Crippen LogP) is 5.81. The first-order chi connectivity index (χ1) is 19.6. The lowest BCUT2D eigenvalue weighted by Crippen LogP contribution is -2.40. The van der Waals surface area contributed by atoms with Gasteiger partial charge in [0.15, 0.2) is 4.80 Å². The summed E-state index contributed by atoms with van der Waals surface area (Å²) in [6, 6.07) is 31.1. The van der Waals surface area contributed by atoms with Crippen LogP contribution in [0.3, 0.4) is 0 Å². The van der Waals surface area contributed by atoms with Crippen molar-refractivity contribution in [2.75, 3.05) is 12.9 Å². The van der Waals surface area contributed by atoms with E-state index in [0.29, 0.717) is 20.6 Å². The molecule has 1 atom stereocenters. The fraction of sp³-hybridized carbons (Fsp3) is 0.121. The second-order valence-corrected chi connectivity index (χ2v) is 11.2. The van der Waals surface area contributed by atoms with Gasteiger partial charge in [0.2, 0.25) is 0 Å². The Hall–Kier alpha value is -4.20. The summed E-state index contributed by atoms with van der Waals surface area (Å²) in [6.07, 6.45) is 3.94. The average Bonchev–Trinajstić information content (AvgIpc) is 3.31. The van der Waals surface area contributed by atoms with Crippen LogP contribution in [0.5, 0.6) is 0 Å². The van der Waals surface area contributed by atoms with Crippen molar-refractivity contribution in [3.63, 3.8) is 0 Å². The van der Waals surface area contributed by atoms with Crippen LogP contribution in [-0.4, -0.2) is 23.4 Å². The lowest BCUT2D eigenvalue weighted by molar-refractivity contribution is -0.138. The molecule has 1 aliphatic heterocycles. The van der Waals surface area contributed by atoms with Crippen LogP contribution in [0.1, 0.15) is 29.7 Å². The summed E-state index contributed by atoms with van der Waals surface area (Å²) in [5, 5.41) is 2.17. The maximum atomic E-state index is 14.1. The van der Waals surface area contributed by atoms with Gasteiger partial charge in [0.05, 0.1) is 28.5 Å². The van der Waals surface area contributed by atoms with Crippen LogP contribution in [0.25, 0.3) is 22.5 Å². The van der Waals surface area contributed by atoms with Crippen LogP contribution < -0.4 is 14.9 Å². The number of thioether (sulfide) groups is 1. The number of nitrogens with zero attached hydrogens (tertiary/aromatic N) is 2. The standard InChI is InChI=1S/C33H26N2O3S2/c1-3-38-32(37)28-29(22-11-5-4-6-12-22)34-33-35(30(28)23-16-18-25(39-2)19-17-23)31(36)27(40-33)20-24-14-9-13-21-10-7-8-15-26(21)24/h4-20,30H,3H2,1-2H3/b27-20-/t30-/m0/s1. The van der Waals surface area contributed by atoms with Crippen molar-refractivity contribution in [1.82, 2.24) is 4.57 Å². The van der Waals surface area contributed by atoms with Gasteiger partial charge in [0, 0.05) is 10.5 Å². The van der Waals surface area contributed by atoms with Crippen LogP contribution in [-0.2, 0) is 9.53 Å². The number of carbonyl (C=O) groups excluding carboxylic acids is 1. The Morgan fingerprint density at radius 2 is 1.70 bits per heavy atom. The number of ether oxygens (including phenoxy) is 1. The Bertz CT molecular complexity index is 1930. The molecule has 0 N–H and O–H groups in total. The van der Waals surface area contributed by atoms with E-state index in [4.69, 9.17) is 9.73 Å². The molecule has 198 valence electrons. The smallest absolute Gasteiger partial charge is 0.338 e. The molecule has 0 aliphatic carbocycles. The van der Waals surface area contributed by atoms with Crippen molar-refractivity contribution < 1.29 is 9.53 Å². The van der Waals surface area contributed by atoms with Crippen LogP contribution in [0.4, 0.5) is 0 Å². The molecule has 1 aliphatic rings. The largest absolute Gasteiger partial charge is 0.463 e. The molecule has 0 radical (unpaired) electrons. The zero-order valence-electron chi connectivity index (χ0n) is 22.0. The summed E-state index contributed by atoms with van der Waals surface area (Å²) in [6.45, 7) is 2.00. The van der Waals surface area contributed by atoms with E-state index in [9.17, 15) is 9.59 Å². The molecule has 5 aromatic rings. The molecule has 0 amide bonds. The molecular formula is C33H26N2O3S2. The summed E-state index contributed by atoms with van der Waals surface area (Å²) in [4.78, 5) is 34.3. The molecule has 7 heteroatoms. The van der Waals surface area contributed by atoms with Gasteiger partial charge >= 0.3 is 5.97 Å². The summed E-state index contributed by atoms with van der Waals surface area (Å²) >= 11 is 2.97. The molecule has 6 rings (SSSR count). The number of aromatic nitrogens is 1. The third-order valence-corrected chi connectivity index (χ3v) is 8.64. The van der Waals surface area contributed by atoms with Crippen molar-refractivity contribution in [2.45, 2.75) is 17.9 Å². The van der Waals surface area contributed by atoms with Crippen LogP contribution in [0, 0.1) is 0 Å². The second kappa shape index (κ2) is 11.1. The third kappa shape index (κ3) is 4.72. The lowest BCUT2D eigenvalue weighted by Gasteiger charge is -2.26. The number of carbonyl (C=O) groups is 1.